The summed E-state index contributed by atoms with van der Waals surface area (Å²) in [4.78, 5) is 15.1. The summed E-state index contributed by atoms with van der Waals surface area (Å²) in [6.07, 6.45) is 13.0. The average molecular weight is 645 g/mol. The zero-order valence-electron chi connectivity index (χ0n) is 27.3. The van der Waals surface area contributed by atoms with Gasteiger partial charge in [0.15, 0.2) is 17.5 Å². The average Bonchev–Trinajstić information content (AvgIpc) is 3.74. The lowest BCUT2D eigenvalue weighted by Crippen LogP contribution is -2.18. The van der Waals surface area contributed by atoms with Crippen molar-refractivity contribution < 1.29 is 4.74 Å². The van der Waals surface area contributed by atoms with Gasteiger partial charge in [0.25, 0.3) is 0 Å². The Kier molecular flexibility index (Phi) is 6.69. The Bertz CT molecular complexity index is 2530. The van der Waals surface area contributed by atoms with Crippen molar-refractivity contribution in [2.24, 2.45) is 0 Å². The number of allylic oxidation sites excluding steroid dienone is 3. The molecule has 5 heteroatoms. The lowest BCUT2D eigenvalue weighted by atomic mass is 9.89. The quantitative estimate of drug-likeness (QED) is 0.187. The second kappa shape index (κ2) is 11.7. The predicted octanol–water partition coefficient (Wildman–Crippen LogP) is 10.3. The molecule has 10 rings (SSSR count). The number of aromatic nitrogens is 4. The van der Waals surface area contributed by atoms with E-state index in [-0.39, 0.29) is 12.0 Å². The Balaban J connectivity index is 1.06. The van der Waals surface area contributed by atoms with Crippen LogP contribution >= 0.6 is 0 Å². The van der Waals surface area contributed by atoms with Crippen LogP contribution in [-0.4, -0.2) is 25.6 Å². The van der Waals surface area contributed by atoms with Crippen molar-refractivity contribution in [1.29, 1.82) is 0 Å². The summed E-state index contributed by atoms with van der Waals surface area (Å²) >= 11 is 0. The Morgan fingerprint density at radius 2 is 1.32 bits per heavy atom. The van der Waals surface area contributed by atoms with Gasteiger partial charge in [-0.15, -0.1) is 0 Å². The summed E-state index contributed by atoms with van der Waals surface area (Å²) < 4.78 is 9.34. The van der Waals surface area contributed by atoms with Crippen LogP contribution < -0.4 is 4.74 Å². The number of rotatable bonds is 5. The van der Waals surface area contributed by atoms with Gasteiger partial charge in [0, 0.05) is 44.8 Å². The van der Waals surface area contributed by atoms with Gasteiger partial charge in [-0.2, -0.15) is 0 Å². The van der Waals surface area contributed by atoms with E-state index in [0.717, 1.165) is 52.1 Å². The third-order valence-electron chi connectivity index (χ3n) is 10.1. The summed E-state index contributed by atoms with van der Waals surface area (Å²) in [6, 6.07) is 44.2. The van der Waals surface area contributed by atoms with Gasteiger partial charge in [-0.1, -0.05) is 133 Å². The molecular formula is C45H32N4O. The van der Waals surface area contributed by atoms with Crippen molar-refractivity contribution in [3.05, 3.63) is 174 Å². The van der Waals surface area contributed by atoms with Gasteiger partial charge in [-0.05, 0) is 48.2 Å². The maximum absolute atomic E-state index is 6.91. The highest BCUT2D eigenvalue weighted by atomic mass is 16.5. The van der Waals surface area contributed by atoms with Gasteiger partial charge < -0.3 is 9.30 Å². The Labute approximate surface area is 290 Å². The monoisotopic (exact) mass is 644 g/mol. The molecule has 0 N–H and O–H groups in total. The zero-order valence-corrected chi connectivity index (χ0v) is 27.3. The maximum atomic E-state index is 6.91. The molecule has 0 spiro atoms. The van der Waals surface area contributed by atoms with Crippen molar-refractivity contribution in [2.75, 3.05) is 0 Å². The van der Waals surface area contributed by atoms with Crippen LogP contribution in [-0.2, 0) is 6.42 Å². The molecule has 5 aromatic carbocycles. The van der Waals surface area contributed by atoms with Gasteiger partial charge in [-0.3, -0.25) is 0 Å². The molecule has 238 valence electrons. The van der Waals surface area contributed by atoms with Crippen molar-refractivity contribution in [3.63, 3.8) is 0 Å². The number of nitrogens with zero attached hydrogens (tertiary/aromatic N) is 4. The molecule has 7 aromatic rings. The molecule has 0 bridgehead atoms. The molecule has 0 radical (unpaired) electrons. The number of ether oxygens (including phenoxy) is 1. The van der Waals surface area contributed by atoms with E-state index in [1.807, 2.05) is 36.4 Å². The van der Waals surface area contributed by atoms with E-state index in [1.54, 1.807) is 0 Å². The minimum atomic E-state index is -0.175. The first-order valence-corrected chi connectivity index (χ1v) is 17.2. The Hall–Kier alpha value is -6.33. The lowest BCUT2D eigenvalue weighted by Gasteiger charge is -2.19. The number of hydrogen-bond donors (Lipinski definition) is 0. The number of hydrogen-bond acceptors (Lipinski definition) is 4. The van der Waals surface area contributed by atoms with E-state index in [1.165, 1.54) is 27.7 Å². The lowest BCUT2D eigenvalue weighted by molar-refractivity contribution is 0.269. The third kappa shape index (κ3) is 4.73. The number of fused-ring (bicyclic) bond motifs is 6. The molecule has 1 aliphatic heterocycles. The van der Waals surface area contributed by atoms with Crippen molar-refractivity contribution in [1.82, 2.24) is 19.5 Å². The topological polar surface area (TPSA) is 52.8 Å². The molecule has 2 aromatic heterocycles. The molecule has 3 aliphatic rings. The standard InChI is InChI=1S/C45H32N4O/c1-3-13-29(14-4-1)31-17-11-18-32(27-31)44-46-43(30-15-5-2-6-16-30)47-45(48-44)33-25-26-36-37-21-12-24-40(42(37)50-41(36)28-33)49-38-22-9-7-19-34(38)35-20-8-10-23-39(35)49/h1-9,11-22,24-28,36,41H,10,23H2. The normalized spacial score (nSPS) is 17.2. The largest absolute Gasteiger partial charge is 0.483 e. The van der Waals surface area contributed by atoms with Gasteiger partial charge in [0.1, 0.15) is 11.9 Å². The van der Waals surface area contributed by atoms with Crippen LogP contribution in [0.2, 0.25) is 0 Å². The highest BCUT2D eigenvalue weighted by Gasteiger charge is 2.36. The minimum Gasteiger partial charge on any atom is -0.483 e. The summed E-state index contributed by atoms with van der Waals surface area (Å²) in [6.45, 7) is 0. The third-order valence-corrected chi connectivity index (χ3v) is 10.1. The van der Waals surface area contributed by atoms with Crippen LogP contribution in [0.4, 0.5) is 0 Å². The van der Waals surface area contributed by atoms with Crippen LogP contribution in [0.1, 0.15) is 35.0 Å². The van der Waals surface area contributed by atoms with Gasteiger partial charge >= 0.3 is 0 Å². The van der Waals surface area contributed by atoms with Crippen LogP contribution in [0.15, 0.2) is 152 Å². The van der Waals surface area contributed by atoms with E-state index in [9.17, 15) is 0 Å². The van der Waals surface area contributed by atoms with E-state index < -0.39 is 0 Å². The Morgan fingerprint density at radius 3 is 2.18 bits per heavy atom. The second-order valence-electron chi connectivity index (χ2n) is 13.1. The van der Waals surface area contributed by atoms with Gasteiger partial charge in [-0.25, -0.2) is 15.0 Å². The maximum Gasteiger partial charge on any atom is 0.164 e. The summed E-state index contributed by atoms with van der Waals surface area (Å²) in [5.41, 5.74) is 11.3. The second-order valence-corrected chi connectivity index (χ2v) is 13.1. The zero-order chi connectivity index (χ0) is 33.0. The van der Waals surface area contributed by atoms with Crippen LogP contribution in [0.5, 0.6) is 5.75 Å². The first-order valence-electron chi connectivity index (χ1n) is 17.2. The summed E-state index contributed by atoms with van der Waals surface area (Å²) in [7, 11) is 0. The van der Waals surface area contributed by atoms with Crippen LogP contribution in [0.25, 0.3) is 62.1 Å². The predicted molar refractivity (Wildman–Crippen MR) is 201 cm³/mol. The van der Waals surface area contributed by atoms with E-state index in [4.69, 9.17) is 19.7 Å². The SMILES string of the molecule is C1=Cc2c(n(-c3cccc4c3OC3C=C(c5nc(-c6ccccc6)nc(-c6cccc(-c7ccccc7)c6)n5)C=CC43)c3ccccc23)CC1. The van der Waals surface area contributed by atoms with Gasteiger partial charge in [0.05, 0.1) is 11.2 Å². The molecular weight excluding hydrogens is 613 g/mol. The Morgan fingerprint density at radius 1 is 0.620 bits per heavy atom. The smallest absolute Gasteiger partial charge is 0.164 e. The van der Waals surface area contributed by atoms with E-state index in [0.29, 0.717) is 17.5 Å². The fourth-order valence-corrected chi connectivity index (χ4v) is 7.70. The van der Waals surface area contributed by atoms with Crippen LogP contribution in [0.3, 0.4) is 0 Å². The highest BCUT2D eigenvalue weighted by Crippen LogP contribution is 2.47. The first-order chi connectivity index (χ1) is 24.8. The molecule has 2 aliphatic carbocycles. The molecule has 2 unspecified atom stereocenters. The van der Waals surface area contributed by atoms with Gasteiger partial charge in [0.2, 0.25) is 0 Å². The number of para-hydroxylation sites is 2. The molecule has 0 saturated carbocycles. The van der Waals surface area contributed by atoms with Crippen molar-refractivity contribution >= 4 is 22.6 Å². The minimum absolute atomic E-state index is 0.101. The molecule has 3 heterocycles. The molecule has 50 heavy (non-hydrogen) atoms. The number of benzene rings is 5. The van der Waals surface area contributed by atoms with E-state index in [2.05, 4.69) is 126 Å². The molecule has 0 amide bonds. The molecule has 0 fully saturated rings. The molecule has 5 nitrogen and oxygen atoms in total. The first kappa shape index (κ1) is 28.7. The molecule has 2 atom stereocenters. The van der Waals surface area contributed by atoms with Crippen molar-refractivity contribution in [3.8, 4) is 45.3 Å². The van der Waals surface area contributed by atoms with Crippen molar-refractivity contribution in [2.45, 2.75) is 24.9 Å². The van der Waals surface area contributed by atoms with E-state index >= 15 is 0 Å². The fraction of sp³-hybridized carbons (Fsp3) is 0.0889. The molecule has 0 saturated heterocycles. The summed E-state index contributed by atoms with van der Waals surface area (Å²) in [5.74, 6) is 2.96. The highest BCUT2D eigenvalue weighted by molar-refractivity contribution is 5.94. The fourth-order valence-electron chi connectivity index (χ4n) is 7.70. The van der Waals surface area contributed by atoms with Crippen LogP contribution in [0, 0.1) is 0 Å². The summed E-state index contributed by atoms with van der Waals surface area (Å²) in [5, 5.41) is 1.28.